The summed E-state index contributed by atoms with van der Waals surface area (Å²) in [5, 5.41) is 8.80. The normalized spacial score (nSPS) is 16.4. The number of nitrogens with one attached hydrogen (secondary N) is 1. The number of rotatable bonds is 4. The fraction of sp³-hybridized carbons (Fsp3) is 0.273. The van der Waals surface area contributed by atoms with Gasteiger partial charge in [-0.25, -0.2) is 5.43 Å². The van der Waals surface area contributed by atoms with Gasteiger partial charge >= 0.3 is 0 Å². The number of hydrogen-bond acceptors (Lipinski definition) is 4. The average molecular weight is 362 g/mol. The number of carbonyl (C=O) groups excluding carboxylic acids is 1. The van der Waals surface area contributed by atoms with Crippen molar-refractivity contribution < 1.29 is 14.3 Å². The summed E-state index contributed by atoms with van der Waals surface area (Å²) in [5.74, 6) is -1.10. The molecular formula is C22H22N2O3. The number of hydrazone groups is 1. The summed E-state index contributed by atoms with van der Waals surface area (Å²) in [5.41, 5.74) is 4.83. The van der Waals surface area contributed by atoms with E-state index in [1.807, 2.05) is 24.3 Å². The number of nitrogens with zero attached hydrogens (tertiary/aromatic N) is 1. The van der Waals surface area contributed by atoms with Crippen LogP contribution in [0.4, 0.5) is 0 Å². The third kappa shape index (κ3) is 3.44. The fourth-order valence-electron chi connectivity index (χ4n) is 3.68. The molecule has 1 fully saturated rings. The van der Waals surface area contributed by atoms with Gasteiger partial charge in [0.05, 0.1) is 25.8 Å². The highest BCUT2D eigenvalue weighted by atomic mass is 16.7. The number of benzene rings is 3. The van der Waals surface area contributed by atoms with E-state index in [-0.39, 0.29) is 12.3 Å². The van der Waals surface area contributed by atoms with Crippen molar-refractivity contribution in [1.82, 2.24) is 5.43 Å². The molecule has 0 unspecified atom stereocenters. The molecule has 1 amide bonds. The zero-order valence-corrected chi connectivity index (χ0v) is 15.5. The molecule has 0 atom stereocenters. The maximum absolute atomic E-state index is 12.2. The first-order valence-electron chi connectivity index (χ1n) is 9.07. The van der Waals surface area contributed by atoms with Crippen molar-refractivity contribution in [3.05, 3.63) is 59.7 Å². The minimum atomic E-state index is -0.858. The van der Waals surface area contributed by atoms with Gasteiger partial charge in [-0.15, -0.1) is 0 Å². The molecule has 1 aliphatic heterocycles. The lowest BCUT2D eigenvalue weighted by atomic mass is 9.93. The Bertz CT molecular complexity index is 979. The molecular weight excluding hydrogens is 340 g/mol. The summed E-state index contributed by atoms with van der Waals surface area (Å²) >= 11 is 0. The Morgan fingerprint density at radius 3 is 2.11 bits per heavy atom. The van der Waals surface area contributed by atoms with Crippen LogP contribution in [0.1, 0.15) is 24.5 Å². The van der Waals surface area contributed by atoms with Gasteiger partial charge in [0.2, 0.25) is 5.91 Å². The van der Waals surface area contributed by atoms with E-state index in [2.05, 4.69) is 41.7 Å². The standard InChI is InChI=1S/C22H22N2O3/c1-15-16-7-3-5-9-18(16)20(19-10-6-4-8-17(15)19)14-23-24-21(25)13-22(2)26-11-12-27-22/h3-10,14H,11-13H2,1-2H3,(H,24,25)/b23-14+. The van der Waals surface area contributed by atoms with Crippen LogP contribution in [0.25, 0.3) is 21.5 Å². The first-order valence-corrected chi connectivity index (χ1v) is 9.07. The van der Waals surface area contributed by atoms with E-state index in [0.29, 0.717) is 13.2 Å². The first-order chi connectivity index (χ1) is 13.1. The molecule has 0 radical (unpaired) electrons. The lowest BCUT2D eigenvalue weighted by Crippen LogP contribution is -2.33. The highest BCUT2D eigenvalue weighted by molar-refractivity contribution is 6.15. The van der Waals surface area contributed by atoms with E-state index in [1.165, 1.54) is 16.3 Å². The van der Waals surface area contributed by atoms with Gasteiger partial charge in [0, 0.05) is 5.56 Å². The molecule has 3 aromatic rings. The molecule has 27 heavy (non-hydrogen) atoms. The molecule has 3 aromatic carbocycles. The topological polar surface area (TPSA) is 59.9 Å². The molecule has 1 aliphatic rings. The predicted octanol–water partition coefficient (Wildman–Crippen LogP) is 3.90. The largest absolute Gasteiger partial charge is 0.347 e. The first kappa shape index (κ1) is 17.6. The zero-order chi connectivity index (χ0) is 18.9. The van der Waals surface area contributed by atoms with Crippen LogP contribution < -0.4 is 5.43 Å². The second-order valence-electron chi connectivity index (χ2n) is 6.93. The van der Waals surface area contributed by atoms with E-state index < -0.39 is 5.79 Å². The molecule has 0 saturated carbocycles. The Kier molecular flexibility index (Phi) is 4.64. The van der Waals surface area contributed by atoms with Crippen molar-refractivity contribution in [1.29, 1.82) is 0 Å². The molecule has 5 nitrogen and oxygen atoms in total. The Balaban J connectivity index is 1.65. The van der Waals surface area contributed by atoms with Gasteiger partial charge in [-0.1, -0.05) is 48.5 Å². The molecule has 0 aromatic heterocycles. The van der Waals surface area contributed by atoms with Crippen LogP contribution in [0.2, 0.25) is 0 Å². The van der Waals surface area contributed by atoms with Crippen LogP contribution in [0.3, 0.4) is 0 Å². The van der Waals surface area contributed by atoms with Crippen LogP contribution >= 0.6 is 0 Å². The minimum Gasteiger partial charge on any atom is -0.347 e. The van der Waals surface area contributed by atoms with Crippen molar-refractivity contribution in [2.75, 3.05) is 13.2 Å². The molecule has 1 N–H and O–H groups in total. The number of ether oxygens (including phenoxy) is 2. The summed E-state index contributed by atoms with van der Waals surface area (Å²) in [7, 11) is 0. The van der Waals surface area contributed by atoms with Crippen LogP contribution in [-0.4, -0.2) is 31.1 Å². The van der Waals surface area contributed by atoms with Gasteiger partial charge in [-0.2, -0.15) is 5.10 Å². The van der Waals surface area contributed by atoms with Crippen LogP contribution in [0, 0.1) is 6.92 Å². The lowest BCUT2D eigenvalue weighted by molar-refractivity contribution is -0.159. The fourth-order valence-corrected chi connectivity index (χ4v) is 3.68. The monoisotopic (exact) mass is 362 g/mol. The van der Waals surface area contributed by atoms with E-state index in [4.69, 9.17) is 9.47 Å². The molecule has 1 saturated heterocycles. The van der Waals surface area contributed by atoms with Crippen molar-refractivity contribution >= 4 is 33.7 Å². The summed E-state index contributed by atoms with van der Waals surface area (Å²) in [4.78, 5) is 12.2. The van der Waals surface area contributed by atoms with Gasteiger partial charge in [0.15, 0.2) is 5.79 Å². The third-order valence-corrected chi connectivity index (χ3v) is 5.01. The van der Waals surface area contributed by atoms with Crippen LogP contribution in [0.5, 0.6) is 0 Å². The molecule has 1 heterocycles. The van der Waals surface area contributed by atoms with Gasteiger partial charge < -0.3 is 9.47 Å². The summed E-state index contributed by atoms with van der Waals surface area (Å²) < 4.78 is 10.9. The second-order valence-corrected chi connectivity index (χ2v) is 6.93. The Hall–Kier alpha value is -2.76. The predicted molar refractivity (Wildman–Crippen MR) is 107 cm³/mol. The van der Waals surface area contributed by atoms with Crippen molar-refractivity contribution in [3.63, 3.8) is 0 Å². The van der Waals surface area contributed by atoms with E-state index in [1.54, 1.807) is 13.1 Å². The minimum absolute atomic E-state index is 0.111. The van der Waals surface area contributed by atoms with Crippen molar-refractivity contribution in [2.45, 2.75) is 26.1 Å². The van der Waals surface area contributed by atoms with Gasteiger partial charge in [0.25, 0.3) is 0 Å². The van der Waals surface area contributed by atoms with E-state index in [0.717, 1.165) is 16.3 Å². The molecule has 138 valence electrons. The third-order valence-electron chi connectivity index (χ3n) is 5.01. The van der Waals surface area contributed by atoms with Gasteiger partial charge in [0.1, 0.15) is 0 Å². The number of fused-ring (bicyclic) bond motifs is 2. The molecule has 0 spiro atoms. The van der Waals surface area contributed by atoms with Crippen LogP contribution in [0.15, 0.2) is 53.6 Å². The molecule has 0 aliphatic carbocycles. The number of carbonyl (C=O) groups is 1. The highest BCUT2D eigenvalue weighted by Crippen LogP contribution is 2.31. The quantitative estimate of drug-likeness (QED) is 0.435. The van der Waals surface area contributed by atoms with Crippen molar-refractivity contribution in [2.24, 2.45) is 5.10 Å². The zero-order valence-electron chi connectivity index (χ0n) is 15.5. The van der Waals surface area contributed by atoms with E-state index in [9.17, 15) is 4.79 Å². The second kappa shape index (κ2) is 7.10. The maximum atomic E-state index is 12.2. The SMILES string of the molecule is Cc1c2ccccc2c(/C=N/NC(=O)CC2(C)OCCO2)c2ccccc12. The van der Waals surface area contributed by atoms with Gasteiger partial charge in [-0.3, -0.25) is 4.79 Å². The van der Waals surface area contributed by atoms with Crippen molar-refractivity contribution in [3.8, 4) is 0 Å². The number of amides is 1. The number of hydrogen-bond donors (Lipinski definition) is 1. The highest BCUT2D eigenvalue weighted by Gasteiger charge is 2.33. The van der Waals surface area contributed by atoms with E-state index >= 15 is 0 Å². The summed E-state index contributed by atoms with van der Waals surface area (Å²) in [6.07, 6.45) is 1.83. The summed E-state index contributed by atoms with van der Waals surface area (Å²) in [6.45, 7) is 4.92. The Morgan fingerprint density at radius 1 is 1.04 bits per heavy atom. The lowest BCUT2D eigenvalue weighted by Gasteiger charge is -2.20. The molecule has 0 bridgehead atoms. The smallest absolute Gasteiger partial charge is 0.245 e. The van der Waals surface area contributed by atoms with Crippen LogP contribution in [-0.2, 0) is 14.3 Å². The van der Waals surface area contributed by atoms with Gasteiger partial charge in [-0.05, 0) is 41.0 Å². The maximum Gasteiger partial charge on any atom is 0.245 e. The summed E-state index contributed by atoms with van der Waals surface area (Å²) in [6, 6.07) is 16.5. The Morgan fingerprint density at radius 2 is 1.56 bits per heavy atom. The number of aryl methyl sites for hydroxylation is 1. The Labute approximate surface area is 158 Å². The average Bonchev–Trinajstić information content (AvgIpc) is 3.10. The molecule has 5 heteroatoms. The molecule has 4 rings (SSSR count).